The number of hydrogen-bond acceptors (Lipinski definition) is 5. The Kier molecular flexibility index (Phi) is 5.14. The number of amides is 1. The van der Waals surface area contributed by atoms with Gasteiger partial charge in [0.05, 0.1) is 22.1 Å². The number of carbonyl (C=O) groups is 1. The summed E-state index contributed by atoms with van der Waals surface area (Å²) in [6.45, 7) is 5.92. The van der Waals surface area contributed by atoms with E-state index >= 15 is 0 Å². The van der Waals surface area contributed by atoms with Gasteiger partial charge in [0.25, 0.3) is 5.91 Å². The second-order valence-corrected chi connectivity index (χ2v) is 8.35. The molecule has 6 heteroatoms. The Morgan fingerprint density at radius 3 is 2.96 bits per heavy atom. The Morgan fingerprint density at radius 1 is 1.48 bits per heavy atom. The van der Waals surface area contributed by atoms with Crippen LogP contribution < -0.4 is 5.32 Å². The lowest BCUT2D eigenvalue weighted by atomic mass is 10.2. The van der Waals surface area contributed by atoms with Crippen molar-refractivity contribution in [2.24, 2.45) is 0 Å². The lowest BCUT2D eigenvalue weighted by molar-refractivity contribution is 0.0788. The molecule has 2 aromatic rings. The number of aromatic nitrogens is 1. The predicted molar refractivity (Wildman–Crippen MR) is 96.3 cm³/mol. The van der Waals surface area contributed by atoms with Crippen molar-refractivity contribution in [2.75, 3.05) is 13.6 Å². The summed E-state index contributed by atoms with van der Waals surface area (Å²) in [4.78, 5) is 21.1. The van der Waals surface area contributed by atoms with Gasteiger partial charge in [0, 0.05) is 29.3 Å². The molecule has 0 saturated carbocycles. The molecule has 1 amide bonds. The van der Waals surface area contributed by atoms with Crippen LogP contribution in [0.15, 0.2) is 17.5 Å². The van der Waals surface area contributed by atoms with Crippen LogP contribution in [0.3, 0.4) is 0 Å². The van der Waals surface area contributed by atoms with Gasteiger partial charge in [-0.15, -0.1) is 22.7 Å². The lowest BCUT2D eigenvalue weighted by Crippen LogP contribution is -2.25. The molecule has 0 spiro atoms. The van der Waals surface area contributed by atoms with Crippen LogP contribution in [0.1, 0.15) is 63.9 Å². The van der Waals surface area contributed by atoms with Crippen LogP contribution in [0.5, 0.6) is 0 Å². The lowest BCUT2D eigenvalue weighted by Gasteiger charge is -2.14. The third-order valence-electron chi connectivity index (χ3n) is 4.05. The van der Waals surface area contributed by atoms with Gasteiger partial charge in [0.15, 0.2) is 0 Å². The number of hydrogen-bond donors (Lipinski definition) is 1. The van der Waals surface area contributed by atoms with Gasteiger partial charge in [-0.05, 0) is 31.5 Å². The van der Waals surface area contributed by atoms with Crippen molar-refractivity contribution < 1.29 is 4.79 Å². The molecular weight excluding hydrogens is 326 g/mol. The summed E-state index contributed by atoms with van der Waals surface area (Å²) in [6.07, 6.45) is 2.38. The maximum Gasteiger partial charge on any atom is 0.264 e. The first-order valence-electron chi connectivity index (χ1n) is 8.07. The number of nitrogens with zero attached hydrogens (tertiary/aromatic N) is 2. The van der Waals surface area contributed by atoms with Gasteiger partial charge in [-0.1, -0.05) is 13.8 Å². The van der Waals surface area contributed by atoms with E-state index in [-0.39, 0.29) is 5.91 Å². The fraction of sp³-hybridized carbons (Fsp3) is 0.529. The zero-order valence-electron chi connectivity index (χ0n) is 13.8. The van der Waals surface area contributed by atoms with Crippen LogP contribution in [0, 0.1) is 0 Å². The third kappa shape index (κ3) is 3.82. The maximum absolute atomic E-state index is 12.6. The van der Waals surface area contributed by atoms with E-state index < -0.39 is 0 Å². The third-order valence-corrected chi connectivity index (χ3v) is 6.43. The van der Waals surface area contributed by atoms with Crippen molar-refractivity contribution in [3.8, 4) is 0 Å². The van der Waals surface area contributed by atoms with Gasteiger partial charge in [-0.25, -0.2) is 4.98 Å². The van der Waals surface area contributed by atoms with Gasteiger partial charge in [-0.2, -0.15) is 0 Å². The topological polar surface area (TPSA) is 45.2 Å². The van der Waals surface area contributed by atoms with Gasteiger partial charge >= 0.3 is 0 Å². The molecule has 23 heavy (non-hydrogen) atoms. The first-order valence-corrected chi connectivity index (χ1v) is 9.77. The molecule has 0 bridgehead atoms. The summed E-state index contributed by atoms with van der Waals surface area (Å²) in [5, 5.41) is 6.67. The van der Waals surface area contributed by atoms with E-state index in [4.69, 9.17) is 0 Å². The Bertz CT molecular complexity index is 671. The summed E-state index contributed by atoms with van der Waals surface area (Å²) < 4.78 is 0. The molecule has 3 heterocycles. The molecule has 3 rings (SSSR count). The maximum atomic E-state index is 12.6. The fourth-order valence-electron chi connectivity index (χ4n) is 2.75. The highest BCUT2D eigenvalue weighted by Crippen LogP contribution is 2.30. The predicted octanol–water partition coefficient (Wildman–Crippen LogP) is 4.02. The zero-order valence-corrected chi connectivity index (χ0v) is 15.5. The first kappa shape index (κ1) is 16.6. The first-order chi connectivity index (χ1) is 11.0. The molecule has 1 aliphatic heterocycles. The highest BCUT2D eigenvalue weighted by atomic mass is 32.1. The SMILES string of the molecule is CC(C)c1nc(CN(C)C(=O)c2ccc(C3CCCN3)s2)cs1. The minimum atomic E-state index is 0.0818. The molecule has 1 N–H and O–H groups in total. The highest BCUT2D eigenvalue weighted by Gasteiger charge is 2.21. The smallest absolute Gasteiger partial charge is 0.264 e. The Morgan fingerprint density at radius 2 is 2.30 bits per heavy atom. The van der Waals surface area contributed by atoms with Crippen molar-refractivity contribution in [3.05, 3.63) is 38.0 Å². The summed E-state index contributed by atoms with van der Waals surface area (Å²) in [5.41, 5.74) is 0.976. The van der Waals surface area contributed by atoms with Crippen LogP contribution in [0.25, 0.3) is 0 Å². The average Bonchev–Trinajstić information content (AvgIpc) is 3.26. The molecule has 1 unspecified atom stereocenters. The van der Waals surface area contributed by atoms with Crippen LogP contribution in [-0.2, 0) is 6.54 Å². The summed E-state index contributed by atoms with van der Waals surface area (Å²) in [6, 6.07) is 4.48. The van der Waals surface area contributed by atoms with Crippen molar-refractivity contribution in [2.45, 2.75) is 45.2 Å². The number of thiophene rings is 1. The monoisotopic (exact) mass is 349 g/mol. The quantitative estimate of drug-likeness (QED) is 0.886. The number of carbonyl (C=O) groups excluding carboxylic acids is 1. The molecule has 0 aromatic carbocycles. The van der Waals surface area contributed by atoms with Crippen LogP contribution in [0.4, 0.5) is 0 Å². The van der Waals surface area contributed by atoms with E-state index in [9.17, 15) is 4.79 Å². The molecule has 0 radical (unpaired) electrons. The van der Waals surface area contributed by atoms with E-state index in [0.717, 1.165) is 22.1 Å². The second-order valence-electron chi connectivity index (χ2n) is 6.34. The molecule has 1 aliphatic rings. The van der Waals surface area contributed by atoms with E-state index in [0.29, 0.717) is 18.5 Å². The van der Waals surface area contributed by atoms with E-state index in [1.54, 1.807) is 27.6 Å². The van der Waals surface area contributed by atoms with Gasteiger partial charge in [0.2, 0.25) is 0 Å². The molecule has 1 fully saturated rings. The molecule has 0 aliphatic carbocycles. The highest BCUT2D eigenvalue weighted by molar-refractivity contribution is 7.14. The van der Waals surface area contributed by atoms with Crippen molar-refractivity contribution in [1.29, 1.82) is 0 Å². The fourth-order valence-corrected chi connectivity index (χ4v) is 4.68. The van der Waals surface area contributed by atoms with Crippen molar-refractivity contribution in [3.63, 3.8) is 0 Å². The number of nitrogens with one attached hydrogen (secondary N) is 1. The van der Waals surface area contributed by atoms with Crippen LogP contribution in [0.2, 0.25) is 0 Å². The van der Waals surface area contributed by atoms with Crippen molar-refractivity contribution >= 4 is 28.6 Å². The minimum Gasteiger partial charge on any atom is -0.335 e. The zero-order chi connectivity index (χ0) is 16.4. The standard InChI is InChI=1S/C17H23N3OS2/c1-11(2)16-19-12(10-22-16)9-20(3)17(21)15-7-6-14(23-15)13-5-4-8-18-13/h6-7,10-11,13,18H,4-5,8-9H2,1-3H3. The average molecular weight is 350 g/mol. The summed E-state index contributed by atoms with van der Waals surface area (Å²) >= 11 is 3.29. The van der Waals surface area contributed by atoms with E-state index in [2.05, 4.69) is 35.6 Å². The van der Waals surface area contributed by atoms with Gasteiger partial charge in [-0.3, -0.25) is 4.79 Å². The molecular formula is C17H23N3OS2. The molecule has 4 nitrogen and oxygen atoms in total. The summed E-state index contributed by atoms with van der Waals surface area (Å²) in [7, 11) is 1.85. The molecule has 1 atom stereocenters. The van der Waals surface area contributed by atoms with Gasteiger partial charge < -0.3 is 10.2 Å². The second kappa shape index (κ2) is 7.11. The molecule has 124 valence electrons. The van der Waals surface area contributed by atoms with E-state index in [1.165, 1.54) is 17.7 Å². The largest absolute Gasteiger partial charge is 0.335 e. The van der Waals surface area contributed by atoms with Crippen LogP contribution >= 0.6 is 22.7 Å². The normalized spacial score (nSPS) is 17.8. The molecule has 2 aromatic heterocycles. The van der Waals surface area contributed by atoms with E-state index in [1.807, 2.05) is 13.1 Å². The summed E-state index contributed by atoms with van der Waals surface area (Å²) in [5.74, 6) is 0.520. The van der Waals surface area contributed by atoms with Crippen LogP contribution in [-0.4, -0.2) is 29.4 Å². The number of rotatable bonds is 5. The Hall–Kier alpha value is -1.24. The molecule has 1 saturated heterocycles. The minimum absolute atomic E-state index is 0.0818. The Labute approximate surface area is 145 Å². The van der Waals surface area contributed by atoms with Crippen molar-refractivity contribution in [1.82, 2.24) is 15.2 Å². The Balaban J connectivity index is 1.64. The number of thiazole rings is 1. The van der Waals surface area contributed by atoms with Gasteiger partial charge in [0.1, 0.15) is 0 Å².